The van der Waals surface area contributed by atoms with Gasteiger partial charge in [0, 0.05) is 16.1 Å². The SMILES string of the molecule is O=C1NC(=O)N(c2ccc(C34CC5CC(CC(C5)C3)C4)cc2)C(=O)/C1=C/c1ccccc1OCc1ccccc1Cl. The van der Waals surface area contributed by atoms with Crippen molar-refractivity contribution in [1.29, 1.82) is 0 Å². The molecule has 6 nitrogen and oxygen atoms in total. The smallest absolute Gasteiger partial charge is 0.335 e. The molecule has 5 aliphatic rings. The van der Waals surface area contributed by atoms with Gasteiger partial charge in [0.2, 0.25) is 0 Å². The first-order valence-corrected chi connectivity index (χ1v) is 14.7. The molecule has 8 rings (SSSR count). The summed E-state index contributed by atoms with van der Waals surface area (Å²) < 4.78 is 6.01. The Morgan fingerprint density at radius 2 is 1.49 bits per heavy atom. The van der Waals surface area contributed by atoms with Crippen molar-refractivity contribution in [3.05, 3.63) is 100 Å². The molecule has 41 heavy (non-hydrogen) atoms. The fraction of sp³-hybridized carbons (Fsp3) is 0.324. The molecule has 4 amide bonds. The summed E-state index contributed by atoms with van der Waals surface area (Å²) in [6.07, 6.45) is 9.30. The molecule has 0 aromatic heterocycles. The van der Waals surface area contributed by atoms with Gasteiger partial charge < -0.3 is 4.74 Å². The summed E-state index contributed by atoms with van der Waals surface area (Å²) in [6, 6.07) is 21.6. The van der Waals surface area contributed by atoms with Gasteiger partial charge in [-0.2, -0.15) is 0 Å². The predicted octanol–water partition coefficient (Wildman–Crippen LogP) is 7.05. The Kier molecular flexibility index (Phi) is 6.46. The molecule has 0 unspecified atom stereocenters. The van der Waals surface area contributed by atoms with E-state index in [1.165, 1.54) is 50.2 Å². The van der Waals surface area contributed by atoms with Crippen LogP contribution in [0.15, 0.2) is 78.4 Å². The van der Waals surface area contributed by atoms with E-state index in [1.807, 2.05) is 36.4 Å². The van der Waals surface area contributed by atoms with Crippen molar-refractivity contribution in [2.75, 3.05) is 4.90 Å². The van der Waals surface area contributed by atoms with E-state index in [9.17, 15) is 14.4 Å². The first-order valence-electron chi connectivity index (χ1n) is 14.4. The lowest BCUT2D eigenvalue weighted by molar-refractivity contribution is -0.122. The summed E-state index contributed by atoms with van der Waals surface area (Å²) in [6.45, 7) is 0.223. The van der Waals surface area contributed by atoms with Gasteiger partial charge >= 0.3 is 6.03 Å². The van der Waals surface area contributed by atoms with E-state index in [0.717, 1.165) is 28.2 Å². The highest BCUT2D eigenvalue weighted by molar-refractivity contribution is 6.39. The molecule has 3 aromatic carbocycles. The number of anilines is 1. The van der Waals surface area contributed by atoms with Crippen molar-refractivity contribution in [1.82, 2.24) is 5.32 Å². The van der Waals surface area contributed by atoms with Gasteiger partial charge in [-0.05, 0) is 97.6 Å². The number of ether oxygens (including phenoxy) is 1. The zero-order chi connectivity index (χ0) is 28.1. The number of barbiturate groups is 1. The monoisotopic (exact) mass is 566 g/mol. The number of hydrogen-bond acceptors (Lipinski definition) is 4. The fourth-order valence-corrected chi connectivity index (χ4v) is 8.17. The molecule has 4 bridgehead atoms. The molecule has 1 heterocycles. The van der Waals surface area contributed by atoms with E-state index < -0.39 is 17.8 Å². The number of nitrogens with one attached hydrogen (secondary N) is 1. The molecule has 7 heteroatoms. The Morgan fingerprint density at radius 3 is 2.17 bits per heavy atom. The second-order valence-electron chi connectivity index (χ2n) is 12.1. The van der Waals surface area contributed by atoms with Crippen LogP contribution in [0.5, 0.6) is 5.75 Å². The third kappa shape index (κ3) is 4.74. The number of amides is 4. The van der Waals surface area contributed by atoms with Crippen molar-refractivity contribution in [3.8, 4) is 5.75 Å². The number of nitrogens with zero attached hydrogens (tertiary/aromatic N) is 1. The maximum atomic E-state index is 13.6. The predicted molar refractivity (Wildman–Crippen MR) is 158 cm³/mol. The minimum Gasteiger partial charge on any atom is -0.488 e. The maximum absolute atomic E-state index is 13.6. The van der Waals surface area contributed by atoms with Crippen LogP contribution in [-0.2, 0) is 21.6 Å². The number of rotatable bonds is 6. The summed E-state index contributed by atoms with van der Waals surface area (Å²) >= 11 is 6.27. The molecular weight excluding hydrogens is 536 g/mol. The second kappa shape index (κ2) is 10.2. The lowest BCUT2D eigenvalue weighted by atomic mass is 9.48. The number of imide groups is 2. The van der Waals surface area contributed by atoms with Gasteiger partial charge in [-0.25, -0.2) is 9.69 Å². The molecule has 1 saturated heterocycles. The Morgan fingerprint density at radius 1 is 0.854 bits per heavy atom. The third-order valence-corrected chi connectivity index (χ3v) is 9.81. The van der Waals surface area contributed by atoms with Gasteiger partial charge in [-0.1, -0.05) is 60.1 Å². The number of urea groups is 1. The third-order valence-electron chi connectivity index (χ3n) is 9.44. The maximum Gasteiger partial charge on any atom is 0.335 e. The van der Waals surface area contributed by atoms with Crippen LogP contribution in [-0.4, -0.2) is 17.8 Å². The topological polar surface area (TPSA) is 75.7 Å². The highest BCUT2D eigenvalue weighted by Gasteiger charge is 2.51. The van der Waals surface area contributed by atoms with Gasteiger partial charge in [0.05, 0.1) is 5.69 Å². The van der Waals surface area contributed by atoms with Crippen molar-refractivity contribution in [2.24, 2.45) is 17.8 Å². The summed E-state index contributed by atoms with van der Waals surface area (Å²) in [7, 11) is 0. The van der Waals surface area contributed by atoms with Gasteiger partial charge in [-0.15, -0.1) is 0 Å². The van der Waals surface area contributed by atoms with E-state index in [1.54, 1.807) is 24.3 Å². The van der Waals surface area contributed by atoms with Crippen molar-refractivity contribution in [2.45, 2.75) is 50.5 Å². The summed E-state index contributed by atoms with van der Waals surface area (Å²) in [5.74, 6) is 1.57. The van der Waals surface area contributed by atoms with Crippen LogP contribution in [0.25, 0.3) is 6.08 Å². The molecule has 4 aliphatic carbocycles. The van der Waals surface area contributed by atoms with E-state index in [4.69, 9.17) is 16.3 Å². The number of carbonyl (C=O) groups excluding carboxylic acids is 3. The Labute approximate surface area is 244 Å². The second-order valence-corrected chi connectivity index (χ2v) is 12.5. The highest BCUT2D eigenvalue weighted by atomic mass is 35.5. The van der Waals surface area contributed by atoms with E-state index >= 15 is 0 Å². The molecule has 4 saturated carbocycles. The van der Waals surface area contributed by atoms with Gasteiger partial charge in [-0.3, -0.25) is 14.9 Å². The fourth-order valence-electron chi connectivity index (χ4n) is 7.98. The quantitative estimate of drug-likeness (QED) is 0.256. The minimum atomic E-state index is -0.747. The normalized spacial score (nSPS) is 27.8. The molecule has 1 N–H and O–H groups in total. The van der Waals surface area contributed by atoms with Gasteiger partial charge in [0.25, 0.3) is 11.8 Å². The first kappa shape index (κ1) is 26.0. The highest BCUT2D eigenvalue weighted by Crippen LogP contribution is 2.60. The molecular formula is C34H31ClN2O4. The molecule has 1 aliphatic heterocycles. The zero-order valence-corrected chi connectivity index (χ0v) is 23.4. The molecule has 208 valence electrons. The van der Waals surface area contributed by atoms with Crippen LogP contribution in [0.2, 0.25) is 5.02 Å². The number of halogens is 1. The summed E-state index contributed by atoms with van der Waals surface area (Å²) in [5.41, 5.74) is 3.20. The van der Waals surface area contributed by atoms with Gasteiger partial charge in [0.1, 0.15) is 17.9 Å². The molecule has 0 spiro atoms. The zero-order valence-electron chi connectivity index (χ0n) is 22.6. The molecule has 3 aromatic rings. The van der Waals surface area contributed by atoms with Crippen molar-refractivity contribution >= 4 is 41.2 Å². The van der Waals surface area contributed by atoms with Crippen LogP contribution in [0.1, 0.15) is 55.2 Å². The average Bonchev–Trinajstić information content (AvgIpc) is 2.95. The minimum absolute atomic E-state index is 0.136. The van der Waals surface area contributed by atoms with E-state index in [2.05, 4.69) is 17.4 Å². The Balaban J connectivity index is 1.14. The van der Waals surface area contributed by atoms with Crippen LogP contribution < -0.4 is 15.0 Å². The number of carbonyl (C=O) groups is 3. The Bertz CT molecular complexity index is 1540. The van der Waals surface area contributed by atoms with Crippen LogP contribution in [0.4, 0.5) is 10.5 Å². The summed E-state index contributed by atoms with van der Waals surface area (Å²) in [5, 5.41) is 2.93. The molecule has 5 fully saturated rings. The lowest BCUT2D eigenvalue weighted by Crippen LogP contribution is -2.54. The summed E-state index contributed by atoms with van der Waals surface area (Å²) in [4.78, 5) is 40.4. The largest absolute Gasteiger partial charge is 0.488 e. The van der Waals surface area contributed by atoms with Crippen LogP contribution >= 0.6 is 11.6 Å². The van der Waals surface area contributed by atoms with Gasteiger partial charge in [0.15, 0.2) is 0 Å². The van der Waals surface area contributed by atoms with E-state index in [-0.39, 0.29) is 17.6 Å². The number of hydrogen-bond donors (Lipinski definition) is 1. The Hall–Kier alpha value is -3.90. The molecule has 0 atom stereocenters. The number of para-hydroxylation sites is 1. The average molecular weight is 567 g/mol. The molecule has 0 radical (unpaired) electrons. The number of benzene rings is 3. The van der Waals surface area contributed by atoms with Crippen LogP contribution in [0.3, 0.4) is 0 Å². The van der Waals surface area contributed by atoms with Crippen LogP contribution in [0, 0.1) is 17.8 Å². The van der Waals surface area contributed by atoms with E-state index in [0.29, 0.717) is 22.0 Å². The van der Waals surface area contributed by atoms with Crippen molar-refractivity contribution < 1.29 is 19.1 Å². The first-order chi connectivity index (χ1) is 19.9. The standard InChI is InChI=1S/C34H31ClN2O4/c35-29-7-3-1-6-25(29)20-41-30-8-4-2-5-24(30)16-28-31(38)36-33(40)37(32(28)39)27-11-9-26(10-12-27)34-17-21-13-22(18-34)15-23(14-21)19-34/h1-12,16,21-23H,13-15,17-20H2,(H,36,38,40)/b28-16+. The van der Waals surface area contributed by atoms with Crippen molar-refractivity contribution in [3.63, 3.8) is 0 Å². The lowest BCUT2D eigenvalue weighted by Gasteiger charge is -2.57.